The first-order valence-electron chi connectivity index (χ1n) is 7.46. The Morgan fingerprint density at radius 2 is 1.88 bits per heavy atom. The van der Waals surface area contributed by atoms with Gasteiger partial charge in [-0.1, -0.05) is 12.1 Å². The maximum Gasteiger partial charge on any atom is 0.416 e. The fraction of sp³-hybridized carbons (Fsp3) is 0.500. The molecular formula is C16H21F3N2O4. The van der Waals surface area contributed by atoms with E-state index in [0.717, 1.165) is 12.1 Å². The second-order valence-electron chi connectivity index (χ2n) is 6.28. The molecule has 1 aromatic carbocycles. The van der Waals surface area contributed by atoms with Gasteiger partial charge in [0.25, 0.3) is 0 Å². The zero-order valence-electron chi connectivity index (χ0n) is 14.1. The van der Waals surface area contributed by atoms with Crippen LogP contribution in [0.5, 0.6) is 0 Å². The summed E-state index contributed by atoms with van der Waals surface area (Å²) < 4.78 is 43.7. The molecule has 0 radical (unpaired) electrons. The molecule has 1 rings (SSSR count). The van der Waals surface area contributed by atoms with Crippen molar-refractivity contribution in [2.45, 2.75) is 38.6 Å². The number of nitrogens with one attached hydrogen (secondary N) is 2. The molecule has 0 aromatic heterocycles. The number of carbonyl (C=O) groups excluding carboxylic acids is 2. The van der Waals surface area contributed by atoms with Crippen molar-refractivity contribution >= 4 is 12.0 Å². The van der Waals surface area contributed by atoms with Crippen molar-refractivity contribution in [2.24, 2.45) is 0 Å². The smallest absolute Gasteiger partial charge is 0.416 e. The number of hydrogen-bond acceptors (Lipinski definition) is 4. The minimum absolute atomic E-state index is 0.138. The first-order valence-corrected chi connectivity index (χ1v) is 7.46. The van der Waals surface area contributed by atoms with Crippen molar-refractivity contribution in [3.05, 3.63) is 35.4 Å². The normalized spacial score (nSPS) is 13.1. The van der Waals surface area contributed by atoms with Crippen LogP contribution in [0.25, 0.3) is 0 Å². The van der Waals surface area contributed by atoms with Gasteiger partial charge >= 0.3 is 12.3 Å². The quantitative estimate of drug-likeness (QED) is 0.751. The average molecular weight is 362 g/mol. The Bertz CT molecular complexity index is 612. The van der Waals surface area contributed by atoms with Crippen molar-refractivity contribution in [2.75, 3.05) is 13.2 Å². The summed E-state index contributed by atoms with van der Waals surface area (Å²) >= 11 is 0. The summed E-state index contributed by atoms with van der Waals surface area (Å²) in [6.07, 6.45) is -5.38. The van der Waals surface area contributed by atoms with E-state index in [1.807, 2.05) is 0 Å². The van der Waals surface area contributed by atoms with E-state index in [1.165, 1.54) is 12.1 Å². The summed E-state index contributed by atoms with van der Waals surface area (Å²) in [4.78, 5) is 23.1. The number of benzene rings is 1. The summed E-state index contributed by atoms with van der Waals surface area (Å²) in [5.74, 6) is -0.719. The molecule has 0 aliphatic carbocycles. The second-order valence-corrected chi connectivity index (χ2v) is 6.28. The van der Waals surface area contributed by atoms with Gasteiger partial charge in [0.15, 0.2) is 0 Å². The van der Waals surface area contributed by atoms with E-state index in [4.69, 9.17) is 9.84 Å². The van der Waals surface area contributed by atoms with Crippen LogP contribution in [-0.2, 0) is 15.7 Å². The third kappa shape index (κ3) is 7.42. The van der Waals surface area contributed by atoms with Crippen LogP contribution in [0.15, 0.2) is 24.3 Å². The van der Waals surface area contributed by atoms with E-state index in [9.17, 15) is 22.8 Å². The molecule has 1 unspecified atom stereocenters. The SMILES string of the molecule is CC(C)(C)OC(=O)NC(CNC(=O)CO)c1cccc(C(F)(F)F)c1. The van der Waals surface area contributed by atoms with Crippen LogP contribution in [-0.4, -0.2) is 35.9 Å². The summed E-state index contributed by atoms with van der Waals surface area (Å²) in [7, 11) is 0. The first-order chi connectivity index (χ1) is 11.4. The Labute approximate surface area is 143 Å². The minimum atomic E-state index is -4.54. The molecule has 9 heteroatoms. The van der Waals surface area contributed by atoms with Crippen LogP contribution in [0.4, 0.5) is 18.0 Å². The third-order valence-electron chi connectivity index (χ3n) is 2.95. The van der Waals surface area contributed by atoms with Crippen LogP contribution >= 0.6 is 0 Å². The van der Waals surface area contributed by atoms with Crippen LogP contribution < -0.4 is 10.6 Å². The van der Waals surface area contributed by atoms with Crippen molar-refractivity contribution in [1.29, 1.82) is 0 Å². The zero-order chi connectivity index (χ0) is 19.3. The van der Waals surface area contributed by atoms with Crippen molar-refractivity contribution in [3.8, 4) is 0 Å². The topological polar surface area (TPSA) is 87.7 Å². The molecule has 2 amide bonds. The Hall–Kier alpha value is -2.29. The number of aliphatic hydroxyl groups excluding tert-OH is 1. The van der Waals surface area contributed by atoms with Gasteiger partial charge in [-0.25, -0.2) is 4.79 Å². The highest BCUT2D eigenvalue weighted by atomic mass is 19.4. The predicted molar refractivity (Wildman–Crippen MR) is 83.7 cm³/mol. The molecule has 140 valence electrons. The molecule has 0 aliphatic rings. The van der Waals surface area contributed by atoms with Crippen LogP contribution in [0.1, 0.15) is 37.9 Å². The number of ether oxygens (including phenoxy) is 1. The second kappa shape index (κ2) is 8.19. The summed E-state index contributed by atoms with van der Waals surface area (Å²) in [5.41, 5.74) is -1.54. The first kappa shape index (κ1) is 20.8. The lowest BCUT2D eigenvalue weighted by Gasteiger charge is -2.24. The number of halogens is 3. The number of carbonyl (C=O) groups is 2. The Kier molecular flexibility index (Phi) is 6.80. The van der Waals surface area contributed by atoms with Gasteiger partial charge < -0.3 is 20.5 Å². The molecule has 1 atom stereocenters. The van der Waals surface area contributed by atoms with Gasteiger partial charge in [-0.15, -0.1) is 0 Å². The Morgan fingerprint density at radius 3 is 2.40 bits per heavy atom. The van der Waals surface area contributed by atoms with E-state index >= 15 is 0 Å². The van der Waals surface area contributed by atoms with Crippen LogP contribution in [0, 0.1) is 0 Å². The van der Waals surface area contributed by atoms with E-state index in [0.29, 0.717) is 0 Å². The Balaban J connectivity index is 3.01. The number of alkyl carbamates (subject to hydrolysis) is 1. The lowest BCUT2D eigenvalue weighted by molar-refractivity contribution is -0.137. The van der Waals surface area contributed by atoms with Gasteiger partial charge in [-0.2, -0.15) is 13.2 Å². The van der Waals surface area contributed by atoms with E-state index < -0.39 is 42.0 Å². The molecular weight excluding hydrogens is 341 g/mol. The van der Waals surface area contributed by atoms with Gasteiger partial charge in [0, 0.05) is 6.54 Å². The number of alkyl halides is 3. The highest BCUT2D eigenvalue weighted by molar-refractivity contribution is 5.77. The average Bonchev–Trinajstić information content (AvgIpc) is 2.48. The molecule has 0 spiro atoms. The molecule has 0 heterocycles. The summed E-state index contributed by atoms with van der Waals surface area (Å²) in [6.45, 7) is 3.93. The molecule has 3 N–H and O–H groups in total. The molecule has 0 saturated heterocycles. The highest BCUT2D eigenvalue weighted by Gasteiger charge is 2.31. The molecule has 25 heavy (non-hydrogen) atoms. The van der Waals surface area contributed by atoms with E-state index in [2.05, 4.69) is 10.6 Å². The van der Waals surface area contributed by atoms with Gasteiger partial charge in [-0.05, 0) is 38.5 Å². The molecule has 0 bridgehead atoms. The van der Waals surface area contributed by atoms with Gasteiger partial charge in [0.2, 0.25) is 5.91 Å². The molecule has 0 fully saturated rings. The van der Waals surface area contributed by atoms with Crippen LogP contribution in [0.3, 0.4) is 0 Å². The van der Waals surface area contributed by atoms with E-state index in [1.54, 1.807) is 20.8 Å². The molecule has 0 aliphatic heterocycles. The third-order valence-corrected chi connectivity index (χ3v) is 2.95. The fourth-order valence-corrected chi connectivity index (χ4v) is 1.91. The predicted octanol–water partition coefficient (Wildman–Crippen LogP) is 2.38. The summed E-state index contributed by atoms with van der Waals surface area (Å²) in [5, 5.41) is 13.5. The summed E-state index contributed by atoms with van der Waals surface area (Å²) in [6, 6.07) is 3.42. The lowest BCUT2D eigenvalue weighted by Crippen LogP contribution is -2.41. The molecule has 6 nitrogen and oxygen atoms in total. The maximum atomic E-state index is 12.9. The largest absolute Gasteiger partial charge is 0.444 e. The molecule has 1 aromatic rings. The highest BCUT2D eigenvalue weighted by Crippen LogP contribution is 2.30. The minimum Gasteiger partial charge on any atom is -0.444 e. The zero-order valence-corrected chi connectivity index (χ0v) is 14.1. The number of aliphatic hydroxyl groups is 1. The van der Waals surface area contributed by atoms with Crippen molar-refractivity contribution in [3.63, 3.8) is 0 Å². The Morgan fingerprint density at radius 1 is 1.24 bits per heavy atom. The van der Waals surface area contributed by atoms with Gasteiger partial charge in [0.05, 0.1) is 11.6 Å². The van der Waals surface area contributed by atoms with Gasteiger partial charge in [-0.3, -0.25) is 4.79 Å². The van der Waals surface area contributed by atoms with Crippen molar-refractivity contribution in [1.82, 2.24) is 10.6 Å². The van der Waals surface area contributed by atoms with Gasteiger partial charge in [0.1, 0.15) is 12.2 Å². The fourth-order valence-electron chi connectivity index (χ4n) is 1.91. The monoisotopic (exact) mass is 362 g/mol. The number of amides is 2. The number of hydrogen-bond donors (Lipinski definition) is 3. The standard InChI is InChI=1S/C16H21F3N2O4/c1-15(2,3)25-14(24)21-12(8-20-13(23)9-22)10-5-4-6-11(7-10)16(17,18)19/h4-7,12,22H,8-9H2,1-3H3,(H,20,23)(H,21,24). The molecule has 0 saturated carbocycles. The maximum absolute atomic E-state index is 12.9. The lowest BCUT2D eigenvalue weighted by atomic mass is 10.0. The van der Waals surface area contributed by atoms with Crippen LogP contribution in [0.2, 0.25) is 0 Å². The van der Waals surface area contributed by atoms with Crippen molar-refractivity contribution < 1.29 is 32.6 Å². The number of rotatable bonds is 5. The van der Waals surface area contributed by atoms with E-state index in [-0.39, 0.29) is 12.1 Å².